The third kappa shape index (κ3) is 4.44. The van der Waals surface area contributed by atoms with Crippen molar-refractivity contribution in [3.05, 3.63) is 41.9 Å². The van der Waals surface area contributed by atoms with E-state index in [1.54, 1.807) is 4.90 Å². The smallest absolute Gasteiger partial charge is 0.241 e. The van der Waals surface area contributed by atoms with Gasteiger partial charge in [-0.3, -0.25) is 9.59 Å². The normalized spacial score (nSPS) is 13.8. The monoisotopic (exact) mass is 363 g/mol. The van der Waals surface area contributed by atoms with Gasteiger partial charge in [0.25, 0.3) is 0 Å². The second kappa shape index (κ2) is 8.07. The van der Waals surface area contributed by atoms with Gasteiger partial charge in [-0.25, -0.2) is 13.8 Å². The average Bonchev–Trinajstić information content (AvgIpc) is 3.29. The quantitative estimate of drug-likeness (QED) is 0.854. The van der Waals surface area contributed by atoms with Crippen molar-refractivity contribution in [3.63, 3.8) is 0 Å². The van der Waals surface area contributed by atoms with Crippen LogP contribution < -0.4 is 5.32 Å². The van der Waals surface area contributed by atoms with Gasteiger partial charge in [0.2, 0.25) is 11.8 Å². The molecule has 0 spiro atoms. The summed E-state index contributed by atoms with van der Waals surface area (Å²) in [4.78, 5) is 29.4. The summed E-state index contributed by atoms with van der Waals surface area (Å²) in [6, 6.07) is 3.17. The zero-order valence-corrected chi connectivity index (χ0v) is 14.1. The number of aryl methyl sites for hydroxylation is 1. The van der Waals surface area contributed by atoms with E-state index in [1.807, 2.05) is 0 Å². The molecule has 1 aliphatic rings. The minimum absolute atomic E-state index is 0.0174. The average molecular weight is 363 g/mol. The fraction of sp³-hybridized carbons (Fsp3) is 0.389. The Balaban J connectivity index is 1.48. The number of oxazole rings is 1. The van der Waals surface area contributed by atoms with Gasteiger partial charge in [0.1, 0.15) is 11.6 Å². The summed E-state index contributed by atoms with van der Waals surface area (Å²) in [7, 11) is 0. The molecule has 26 heavy (non-hydrogen) atoms. The number of benzene rings is 1. The topological polar surface area (TPSA) is 75.4 Å². The number of carbonyl (C=O) groups is 2. The minimum atomic E-state index is -0.745. The Kier molecular flexibility index (Phi) is 5.60. The van der Waals surface area contributed by atoms with E-state index in [0.29, 0.717) is 0 Å². The number of hydrogen-bond acceptors (Lipinski definition) is 4. The van der Waals surface area contributed by atoms with E-state index in [4.69, 9.17) is 4.42 Å². The van der Waals surface area contributed by atoms with Crippen molar-refractivity contribution < 1.29 is 22.8 Å². The summed E-state index contributed by atoms with van der Waals surface area (Å²) in [5.74, 6) is -1.35. The summed E-state index contributed by atoms with van der Waals surface area (Å²) >= 11 is 0. The Hall–Kier alpha value is -2.77. The van der Waals surface area contributed by atoms with Crippen molar-refractivity contribution in [3.8, 4) is 11.3 Å². The molecule has 0 unspecified atom stereocenters. The first kappa shape index (κ1) is 18.0. The molecule has 0 atom stereocenters. The van der Waals surface area contributed by atoms with Crippen LogP contribution in [-0.4, -0.2) is 41.3 Å². The molecule has 0 bridgehead atoms. The van der Waals surface area contributed by atoms with Gasteiger partial charge in [-0.15, -0.1) is 0 Å². The van der Waals surface area contributed by atoms with Crippen molar-refractivity contribution in [2.24, 2.45) is 0 Å². The molecule has 0 radical (unpaired) electrons. The van der Waals surface area contributed by atoms with Crippen LogP contribution in [0, 0.1) is 11.6 Å². The van der Waals surface area contributed by atoms with Gasteiger partial charge in [0.15, 0.2) is 11.7 Å². The standard InChI is InChI=1S/C18H19F2N3O3/c19-12-3-4-13(14(20)9-12)15-10-22-17(26-15)6-5-16(24)21-11-18(25)23-7-1-2-8-23/h3-4,9-10H,1-2,5-8,11H2,(H,21,24). The number of amides is 2. The van der Waals surface area contributed by atoms with E-state index in [9.17, 15) is 18.4 Å². The molecule has 6 nitrogen and oxygen atoms in total. The van der Waals surface area contributed by atoms with E-state index in [2.05, 4.69) is 10.3 Å². The van der Waals surface area contributed by atoms with Crippen LogP contribution in [0.1, 0.15) is 25.2 Å². The fourth-order valence-corrected chi connectivity index (χ4v) is 2.80. The van der Waals surface area contributed by atoms with E-state index < -0.39 is 11.6 Å². The van der Waals surface area contributed by atoms with Crippen molar-refractivity contribution in [1.29, 1.82) is 0 Å². The molecule has 1 saturated heterocycles. The summed E-state index contributed by atoms with van der Waals surface area (Å²) in [5.41, 5.74) is 0.103. The minimum Gasteiger partial charge on any atom is -0.441 e. The Bertz CT molecular complexity index is 801. The highest BCUT2D eigenvalue weighted by molar-refractivity contribution is 5.84. The lowest BCUT2D eigenvalue weighted by atomic mass is 10.2. The van der Waals surface area contributed by atoms with E-state index >= 15 is 0 Å². The highest BCUT2D eigenvalue weighted by atomic mass is 19.1. The maximum Gasteiger partial charge on any atom is 0.241 e. The van der Waals surface area contributed by atoms with Crippen molar-refractivity contribution in [2.45, 2.75) is 25.7 Å². The largest absolute Gasteiger partial charge is 0.441 e. The molecule has 138 valence electrons. The number of halogens is 2. The van der Waals surface area contributed by atoms with Gasteiger partial charge in [0.05, 0.1) is 18.3 Å². The van der Waals surface area contributed by atoms with E-state index in [1.165, 1.54) is 12.3 Å². The first-order valence-corrected chi connectivity index (χ1v) is 8.47. The van der Waals surface area contributed by atoms with Crippen LogP contribution in [-0.2, 0) is 16.0 Å². The van der Waals surface area contributed by atoms with Crippen molar-refractivity contribution in [2.75, 3.05) is 19.6 Å². The Morgan fingerprint density at radius 3 is 2.73 bits per heavy atom. The van der Waals surface area contributed by atoms with Gasteiger partial charge in [-0.05, 0) is 25.0 Å². The van der Waals surface area contributed by atoms with Crippen LogP contribution in [0.2, 0.25) is 0 Å². The van der Waals surface area contributed by atoms with Gasteiger partial charge in [-0.2, -0.15) is 0 Å². The SMILES string of the molecule is O=C(CCc1ncc(-c2ccc(F)cc2F)o1)NCC(=O)N1CCCC1. The molecule has 1 fully saturated rings. The van der Waals surface area contributed by atoms with Gasteiger partial charge < -0.3 is 14.6 Å². The number of nitrogens with one attached hydrogen (secondary N) is 1. The van der Waals surface area contributed by atoms with Crippen LogP contribution >= 0.6 is 0 Å². The number of aromatic nitrogens is 1. The number of rotatable bonds is 6. The molecule has 3 rings (SSSR count). The maximum atomic E-state index is 13.7. The number of hydrogen-bond donors (Lipinski definition) is 1. The summed E-state index contributed by atoms with van der Waals surface area (Å²) < 4.78 is 32.1. The molecule has 1 N–H and O–H groups in total. The van der Waals surface area contributed by atoms with E-state index in [-0.39, 0.29) is 48.4 Å². The predicted molar refractivity (Wildman–Crippen MR) is 89.0 cm³/mol. The molecule has 2 amide bonds. The molecule has 2 heterocycles. The molecule has 2 aromatic rings. The number of likely N-dealkylation sites (tertiary alicyclic amines) is 1. The predicted octanol–water partition coefficient (Wildman–Crippen LogP) is 2.29. The van der Waals surface area contributed by atoms with E-state index in [0.717, 1.165) is 38.1 Å². The third-order valence-corrected chi connectivity index (χ3v) is 4.21. The van der Waals surface area contributed by atoms with Gasteiger partial charge in [-0.1, -0.05) is 0 Å². The Morgan fingerprint density at radius 2 is 2.00 bits per heavy atom. The van der Waals surface area contributed by atoms with Crippen molar-refractivity contribution >= 4 is 11.8 Å². The van der Waals surface area contributed by atoms with Crippen LogP contribution in [0.4, 0.5) is 8.78 Å². The van der Waals surface area contributed by atoms with Crippen LogP contribution in [0.25, 0.3) is 11.3 Å². The van der Waals surface area contributed by atoms with Crippen LogP contribution in [0.5, 0.6) is 0 Å². The first-order valence-electron chi connectivity index (χ1n) is 8.47. The molecule has 8 heteroatoms. The molecular formula is C18H19F2N3O3. The lowest BCUT2D eigenvalue weighted by Gasteiger charge is -2.15. The summed E-state index contributed by atoms with van der Waals surface area (Å²) in [5, 5.41) is 2.58. The molecule has 1 aromatic carbocycles. The van der Waals surface area contributed by atoms with Crippen LogP contribution in [0.15, 0.2) is 28.8 Å². The highest BCUT2D eigenvalue weighted by Gasteiger charge is 2.18. The number of nitrogens with zero attached hydrogens (tertiary/aromatic N) is 2. The van der Waals surface area contributed by atoms with Gasteiger partial charge in [0, 0.05) is 32.0 Å². The summed E-state index contributed by atoms with van der Waals surface area (Å²) in [6.07, 6.45) is 3.65. The first-order chi connectivity index (χ1) is 12.5. The molecule has 0 aliphatic carbocycles. The maximum absolute atomic E-state index is 13.7. The molecule has 1 aliphatic heterocycles. The Morgan fingerprint density at radius 1 is 1.23 bits per heavy atom. The van der Waals surface area contributed by atoms with Crippen molar-refractivity contribution in [1.82, 2.24) is 15.2 Å². The van der Waals surface area contributed by atoms with Gasteiger partial charge >= 0.3 is 0 Å². The molecular weight excluding hydrogens is 344 g/mol. The second-order valence-electron chi connectivity index (χ2n) is 6.11. The zero-order chi connectivity index (χ0) is 18.5. The fourth-order valence-electron chi connectivity index (χ4n) is 2.80. The number of carbonyl (C=O) groups excluding carboxylic acids is 2. The summed E-state index contributed by atoms with van der Waals surface area (Å²) in [6.45, 7) is 1.47. The Labute approximate surface area is 149 Å². The highest BCUT2D eigenvalue weighted by Crippen LogP contribution is 2.24. The third-order valence-electron chi connectivity index (χ3n) is 4.21. The van der Waals surface area contributed by atoms with Crippen LogP contribution in [0.3, 0.4) is 0 Å². The lowest BCUT2D eigenvalue weighted by molar-refractivity contribution is -0.132. The second-order valence-corrected chi connectivity index (χ2v) is 6.11. The molecule has 1 aromatic heterocycles. The zero-order valence-electron chi connectivity index (χ0n) is 14.1. The lowest BCUT2D eigenvalue weighted by Crippen LogP contribution is -2.38. The molecule has 0 saturated carbocycles.